The molecule has 4 heteroatoms. The molecular weight excluding hydrogens is 278 g/mol. The van der Waals surface area contributed by atoms with Crippen LogP contribution in [0.3, 0.4) is 0 Å². The van der Waals surface area contributed by atoms with Crippen LogP contribution in [0.25, 0.3) is 0 Å². The van der Waals surface area contributed by atoms with Crippen LogP contribution in [0.4, 0.5) is 4.79 Å². The lowest BCUT2D eigenvalue weighted by atomic mass is 9.97. The van der Waals surface area contributed by atoms with E-state index in [9.17, 15) is 9.59 Å². The van der Waals surface area contributed by atoms with Crippen LogP contribution >= 0.6 is 0 Å². The first-order valence-corrected chi connectivity index (χ1v) is 7.49. The van der Waals surface area contributed by atoms with Crippen LogP contribution in [0.2, 0.25) is 0 Å². The van der Waals surface area contributed by atoms with Gasteiger partial charge >= 0.3 is 6.09 Å². The van der Waals surface area contributed by atoms with Crippen molar-refractivity contribution in [3.63, 3.8) is 0 Å². The molecule has 2 rings (SSSR count). The van der Waals surface area contributed by atoms with Crippen LogP contribution in [0.15, 0.2) is 41.3 Å². The van der Waals surface area contributed by atoms with Crippen LogP contribution in [-0.2, 0) is 12.8 Å². The number of nitrogens with zero attached hydrogens (tertiary/aromatic N) is 1. The highest BCUT2D eigenvalue weighted by Gasteiger charge is 2.08. The van der Waals surface area contributed by atoms with Crippen molar-refractivity contribution in [3.8, 4) is 0 Å². The van der Waals surface area contributed by atoms with Gasteiger partial charge in [0.1, 0.15) is 0 Å². The molecular formula is C18H21NO3. The third kappa shape index (κ3) is 3.64. The molecule has 1 aromatic carbocycles. The van der Waals surface area contributed by atoms with E-state index >= 15 is 0 Å². The largest absolute Gasteiger partial charge is 0.464 e. The van der Waals surface area contributed by atoms with Crippen LogP contribution in [0, 0.1) is 13.8 Å². The van der Waals surface area contributed by atoms with Crippen LogP contribution in [0.1, 0.15) is 35.1 Å². The Morgan fingerprint density at radius 3 is 2.32 bits per heavy atom. The van der Waals surface area contributed by atoms with Crippen LogP contribution < -0.4 is 5.56 Å². The Bertz CT molecular complexity index is 711. The van der Waals surface area contributed by atoms with Crippen molar-refractivity contribution in [3.05, 3.63) is 69.1 Å². The molecule has 0 fully saturated rings. The van der Waals surface area contributed by atoms with Gasteiger partial charge in [-0.15, -0.1) is 0 Å². The highest BCUT2D eigenvalue weighted by atomic mass is 16.4. The van der Waals surface area contributed by atoms with Gasteiger partial charge in [-0.2, -0.15) is 0 Å². The van der Waals surface area contributed by atoms with E-state index in [0.717, 1.165) is 23.8 Å². The number of aromatic nitrogens is 1. The fraction of sp³-hybridized carbons (Fsp3) is 0.333. The van der Waals surface area contributed by atoms with Gasteiger partial charge in [0.15, 0.2) is 0 Å². The molecule has 116 valence electrons. The number of carbonyl (C=O) groups is 1. The molecule has 0 bridgehead atoms. The lowest BCUT2D eigenvalue weighted by molar-refractivity contribution is 0.195. The van der Waals surface area contributed by atoms with Gasteiger partial charge in [0.05, 0.1) is 0 Å². The van der Waals surface area contributed by atoms with E-state index in [2.05, 4.69) is 32.0 Å². The van der Waals surface area contributed by atoms with Crippen LogP contribution in [-0.4, -0.2) is 15.8 Å². The highest BCUT2D eigenvalue weighted by molar-refractivity contribution is 5.67. The number of benzene rings is 1. The first-order valence-electron chi connectivity index (χ1n) is 7.49. The average Bonchev–Trinajstić information content (AvgIpc) is 2.47. The first-order chi connectivity index (χ1) is 10.5. The molecule has 0 aliphatic heterocycles. The second-order valence-corrected chi connectivity index (χ2v) is 5.57. The second-order valence-electron chi connectivity index (χ2n) is 5.57. The Labute approximate surface area is 130 Å². The summed E-state index contributed by atoms with van der Waals surface area (Å²) in [6.07, 6.45) is 3.49. The van der Waals surface area contributed by atoms with E-state index in [-0.39, 0.29) is 0 Å². The fourth-order valence-electron chi connectivity index (χ4n) is 2.74. The molecule has 0 atom stereocenters. The van der Waals surface area contributed by atoms with Gasteiger partial charge in [-0.05, 0) is 62.3 Å². The van der Waals surface area contributed by atoms with Gasteiger partial charge in [0, 0.05) is 11.8 Å². The minimum atomic E-state index is -1.23. The summed E-state index contributed by atoms with van der Waals surface area (Å²) in [5, 5.41) is 8.93. The Morgan fingerprint density at radius 1 is 1.05 bits per heavy atom. The van der Waals surface area contributed by atoms with Crippen LogP contribution in [0.5, 0.6) is 0 Å². The quantitative estimate of drug-likeness (QED) is 0.859. The third-order valence-electron chi connectivity index (χ3n) is 4.00. The zero-order valence-electron chi connectivity index (χ0n) is 13.0. The summed E-state index contributed by atoms with van der Waals surface area (Å²) >= 11 is 0. The van der Waals surface area contributed by atoms with Crippen molar-refractivity contribution < 1.29 is 9.90 Å². The Kier molecular flexibility index (Phi) is 5.15. The summed E-state index contributed by atoms with van der Waals surface area (Å²) in [7, 11) is 0. The van der Waals surface area contributed by atoms with E-state index < -0.39 is 11.7 Å². The van der Waals surface area contributed by atoms with Gasteiger partial charge in [-0.3, -0.25) is 4.79 Å². The predicted molar refractivity (Wildman–Crippen MR) is 86.7 cm³/mol. The number of hydrogen-bond acceptors (Lipinski definition) is 2. The summed E-state index contributed by atoms with van der Waals surface area (Å²) in [6.45, 7) is 4.23. The second kappa shape index (κ2) is 7.07. The van der Waals surface area contributed by atoms with E-state index in [0.29, 0.717) is 12.0 Å². The van der Waals surface area contributed by atoms with Crippen molar-refractivity contribution in [2.75, 3.05) is 0 Å². The number of carboxylic acid groups (broad SMARTS) is 1. The molecule has 0 amide bonds. The monoisotopic (exact) mass is 299 g/mol. The summed E-state index contributed by atoms with van der Waals surface area (Å²) in [4.78, 5) is 22.9. The summed E-state index contributed by atoms with van der Waals surface area (Å²) in [5.74, 6) is 0. The van der Waals surface area contributed by atoms with Crippen molar-refractivity contribution in [2.45, 2.75) is 39.5 Å². The molecule has 0 aliphatic rings. The van der Waals surface area contributed by atoms with E-state index in [1.165, 1.54) is 22.9 Å². The van der Waals surface area contributed by atoms with E-state index in [1.807, 2.05) is 0 Å². The van der Waals surface area contributed by atoms with E-state index in [1.54, 1.807) is 12.1 Å². The van der Waals surface area contributed by atoms with Crippen molar-refractivity contribution in [1.29, 1.82) is 0 Å². The molecule has 1 heterocycles. The summed E-state index contributed by atoms with van der Waals surface area (Å²) in [6, 6.07) is 9.61. The minimum Gasteiger partial charge on any atom is -0.464 e. The minimum absolute atomic E-state index is 0.429. The molecule has 1 aromatic heterocycles. The Hall–Kier alpha value is -2.36. The van der Waals surface area contributed by atoms with Crippen molar-refractivity contribution >= 4 is 6.09 Å². The third-order valence-corrected chi connectivity index (χ3v) is 4.00. The lowest BCUT2D eigenvalue weighted by Crippen LogP contribution is -2.27. The number of unbranched alkanes of at least 4 members (excludes halogenated alkanes) is 1. The van der Waals surface area contributed by atoms with Gasteiger partial charge < -0.3 is 5.11 Å². The number of aryl methyl sites for hydroxylation is 3. The predicted octanol–water partition coefficient (Wildman–Crippen LogP) is 3.56. The van der Waals surface area contributed by atoms with Gasteiger partial charge in [0.2, 0.25) is 0 Å². The Morgan fingerprint density at radius 2 is 1.68 bits per heavy atom. The number of pyridine rings is 1. The maximum absolute atomic E-state index is 12.0. The highest BCUT2D eigenvalue weighted by Crippen LogP contribution is 2.16. The Balaban J connectivity index is 1.96. The van der Waals surface area contributed by atoms with Gasteiger partial charge in [-0.25, -0.2) is 9.36 Å². The summed E-state index contributed by atoms with van der Waals surface area (Å²) in [5.41, 5.74) is 4.10. The normalized spacial score (nSPS) is 10.6. The maximum Gasteiger partial charge on any atom is 0.418 e. The molecule has 0 aliphatic carbocycles. The topological polar surface area (TPSA) is 59.3 Å². The molecule has 0 saturated carbocycles. The molecule has 0 unspecified atom stereocenters. The standard InChI is InChI=1S/C18H21NO3/c1-13-7-5-8-14(2)16(13)11-4-3-9-15-10-6-12-19(17(15)20)18(21)22/h5-8,10,12H,3-4,9,11H2,1-2H3,(H,21,22). The molecule has 0 radical (unpaired) electrons. The average molecular weight is 299 g/mol. The lowest BCUT2D eigenvalue weighted by Gasteiger charge is -2.09. The SMILES string of the molecule is Cc1cccc(C)c1CCCCc1cccn(C(=O)O)c1=O. The fourth-order valence-corrected chi connectivity index (χ4v) is 2.74. The van der Waals surface area contributed by atoms with Crippen molar-refractivity contribution in [1.82, 2.24) is 4.57 Å². The molecule has 1 N–H and O–H groups in total. The molecule has 22 heavy (non-hydrogen) atoms. The first kappa shape index (κ1) is 16.0. The number of hydrogen-bond donors (Lipinski definition) is 1. The van der Waals surface area contributed by atoms with Gasteiger partial charge in [0.25, 0.3) is 5.56 Å². The smallest absolute Gasteiger partial charge is 0.418 e. The molecule has 0 saturated heterocycles. The zero-order chi connectivity index (χ0) is 16.1. The number of rotatable bonds is 5. The van der Waals surface area contributed by atoms with Gasteiger partial charge in [-0.1, -0.05) is 24.3 Å². The molecule has 2 aromatic rings. The zero-order valence-corrected chi connectivity index (χ0v) is 13.0. The van der Waals surface area contributed by atoms with Crippen molar-refractivity contribution in [2.24, 2.45) is 0 Å². The molecule has 0 spiro atoms. The molecule has 4 nitrogen and oxygen atoms in total. The van der Waals surface area contributed by atoms with E-state index in [4.69, 9.17) is 5.11 Å². The maximum atomic E-state index is 12.0. The summed E-state index contributed by atoms with van der Waals surface area (Å²) < 4.78 is 0.737.